The lowest BCUT2D eigenvalue weighted by Gasteiger charge is -2.13. The van der Waals surface area contributed by atoms with Gasteiger partial charge in [-0.1, -0.05) is 6.07 Å². The predicted molar refractivity (Wildman–Crippen MR) is 63.2 cm³/mol. The highest BCUT2D eigenvalue weighted by molar-refractivity contribution is 5.75. The summed E-state index contributed by atoms with van der Waals surface area (Å²) < 4.78 is 18.4. The molecule has 1 aromatic carbocycles. The van der Waals surface area contributed by atoms with Crippen LogP contribution in [0.5, 0.6) is 5.75 Å². The monoisotopic (exact) mass is 240 g/mol. The molecule has 94 valence electrons. The summed E-state index contributed by atoms with van der Waals surface area (Å²) in [5, 5.41) is 2.48. The molecule has 0 heterocycles. The van der Waals surface area contributed by atoms with E-state index in [0.717, 1.165) is 5.56 Å². The fourth-order valence-corrected chi connectivity index (χ4v) is 1.39. The summed E-state index contributed by atoms with van der Waals surface area (Å²) in [5.41, 5.74) is 6.47. The molecular formula is C12H17FN2O2. The fraction of sp³-hybridized carbons (Fsp3) is 0.417. The van der Waals surface area contributed by atoms with E-state index in [4.69, 9.17) is 10.5 Å². The van der Waals surface area contributed by atoms with Crippen LogP contribution in [0.1, 0.15) is 24.9 Å². The van der Waals surface area contributed by atoms with Crippen LogP contribution in [-0.4, -0.2) is 19.6 Å². The number of nitrogens with one attached hydrogen (secondary N) is 1. The normalized spacial score (nSPS) is 12.0. The minimum Gasteiger partial charge on any atom is -0.493 e. The maximum atomic E-state index is 13.1. The van der Waals surface area contributed by atoms with Gasteiger partial charge in [-0.25, -0.2) is 4.39 Å². The number of rotatable bonds is 5. The average Bonchev–Trinajstić information content (AvgIpc) is 2.28. The van der Waals surface area contributed by atoms with Gasteiger partial charge >= 0.3 is 0 Å². The summed E-state index contributed by atoms with van der Waals surface area (Å²) >= 11 is 0. The van der Waals surface area contributed by atoms with E-state index in [1.54, 1.807) is 20.0 Å². The Bertz CT molecular complexity index is 394. The van der Waals surface area contributed by atoms with Gasteiger partial charge in [0.1, 0.15) is 11.6 Å². The number of hydrogen-bond donors (Lipinski definition) is 2. The summed E-state index contributed by atoms with van der Waals surface area (Å²) in [6, 6.07) is 3.97. The van der Waals surface area contributed by atoms with Crippen molar-refractivity contribution in [1.82, 2.24) is 5.32 Å². The molecule has 0 aliphatic heterocycles. The molecule has 1 rings (SSSR count). The van der Waals surface area contributed by atoms with Crippen LogP contribution in [0.25, 0.3) is 0 Å². The number of benzene rings is 1. The third kappa shape index (κ3) is 4.03. The van der Waals surface area contributed by atoms with Crippen LogP contribution >= 0.6 is 0 Å². The van der Waals surface area contributed by atoms with Crippen molar-refractivity contribution >= 4 is 5.91 Å². The van der Waals surface area contributed by atoms with E-state index in [9.17, 15) is 9.18 Å². The van der Waals surface area contributed by atoms with Crippen LogP contribution in [-0.2, 0) is 4.79 Å². The van der Waals surface area contributed by atoms with Crippen molar-refractivity contribution in [2.24, 2.45) is 5.73 Å². The molecule has 0 unspecified atom stereocenters. The summed E-state index contributed by atoms with van der Waals surface area (Å²) in [4.78, 5) is 11.0. The van der Waals surface area contributed by atoms with E-state index >= 15 is 0 Å². The summed E-state index contributed by atoms with van der Waals surface area (Å²) in [7, 11) is 1.55. The van der Waals surface area contributed by atoms with Crippen molar-refractivity contribution in [2.45, 2.75) is 19.4 Å². The largest absolute Gasteiger partial charge is 0.493 e. The average molecular weight is 240 g/mol. The van der Waals surface area contributed by atoms with Crippen LogP contribution < -0.4 is 15.8 Å². The predicted octanol–water partition coefficient (Wildman–Crippen LogP) is 1.36. The van der Waals surface area contributed by atoms with Gasteiger partial charge in [0.05, 0.1) is 13.0 Å². The SMILES string of the molecule is CNC(=O)CCOc1cc(F)ccc1[C@@H](C)N. The summed E-state index contributed by atoms with van der Waals surface area (Å²) in [6.45, 7) is 1.99. The van der Waals surface area contributed by atoms with Gasteiger partial charge < -0.3 is 15.8 Å². The van der Waals surface area contributed by atoms with Crippen molar-refractivity contribution < 1.29 is 13.9 Å². The first kappa shape index (κ1) is 13.4. The molecule has 0 fully saturated rings. The van der Waals surface area contributed by atoms with Gasteiger partial charge in [-0.05, 0) is 13.0 Å². The number of carbonyl (C=O) groups is 1. The van der Waals surface area contributed by atoms with Gasteiger partial charge in [0.15, 0.2) is 0 Å². The highest BCUT2D eigenvalue weighted by Crippen LogP contribution is 2.24. The first-order valence-electron chi connectivity index (χ1n) is 5.43. The Morgan fingerprint density at radius 2 is 2.29 bits per heavy atom. The van der Waals surface area contributed by atoms with E-state index in [0.29, 0.717) is 5.75 Å². The molecule has 17 heavy (non-hydrogen) atoms. The Balaban J connectivity index is 2.68. The van der Waals surface area contributed by atoms with Gasteiger partial charge in [0.2, 0.25) is 5.91 Å². The molecule has 0 aliphatic carbocycles. The Labute approximate surface area is 100.0 Å². The maximum Gasteiger partial charge on any atom is 0.223 e. The van der Waals surface area contributed by atoms with Crippen molar-refractivity contribution in [1.29, 1.82) is 0 Å². The van der Waals surface area contributed by atoms with Gasteiger partial charge in [-0.15, -0.1) is 0 Å². The van der Waals surface area contributed by atoms with Crippen LogP contribution in [0.3, 0.4) is 0 Å². The third-order valence-corrected chi connectivity index (χ3v) is 2.33. The number of nitrogens with two attached hydrogens (primary N) is 1. The second kappa shape index (κ2) is 6.20. The zero-order valence-electron chi connectivity index (χ0n) is 10.00. The van der Waals surface area contributed by atoms with E-state index in [-0.39, 0.29) is 30.8 Å². The fourth-order valence-electron chi connectivity index (χ4n) is 1.39. The highest BCUT2D eigenvalue weighted by Gasteiger charge is 2.09. The molecule has 4 nitrogen and oxygen atoms in total. The van der Waals surface area contributed by atoms with E-state index in [1.165, 1.54) is 12.1 Å². The lowest BCUT2D eigenvalue weighted by molar-refractivity contribution is -0.121. The standard InChI is InChI=1S/C12H17FN2O2/c1-8(14)10-4-3-9(13)7-11(10)17-6-5-12(16)15-2/h3-4,7-8H,5-6,14H2,1-2H3,(H,15,16)/t8-/m1/s1. The Morgan fingerprint density at radius 3 is 2.88 bits per heavy atom. The van der Waals surface area contributed by atoms with Crippen molar-refractivity contribution in [2.75, 3.05) is 13.7 Å². The van der Waals surface area contributed by atoms with E-state index in [1.807, 2.05) is 0 Å². The number of hydrogen-bond acceptors (Lipinski definition) is 3. The third-order valence-electron chi connectivity index (χ3n) is 2.33. The summed E-state index contributed by atoms with van der Waals surface area (Å²) in [5.74, 6) is -0.114. The molecule has 0 bridgehead atoms. The molecule has 1 aromatic rings. The molecule has 0 radical (unpaired) electrons. The molecule has 1 atom stereocenters. The van der Waals surface area contributed by atoms with Gasteiger partial charge in [-0.3, -0.25) is 4.79 Å². The molecule has 1 amide bonds. The number of halogens is 1. The first-order chi connectivity index (χ1) is 8.04. The van der Waals surface area contributed by atoms with E-state index < -0.39 is 0 Å². The van der Waals surface area contributed by atoms with E-state index in [2.05, 4.69) is 5.32 Å². The van der Waals surface area contributed by atoms with Gasteiger partial charge in [0.25, 0.3) is 0 Å². The van der Waals surface area contributed by atoms with Gasteiger partial charge in [-0.2, -0.15) is 0 Å². The van der Waals surface area contributed by atoms with Crippen molar-refractivity contribution in [3.63, 3.8) is 0 Å². The molecular weight excluding hydrogens is 223 g/mol. The Kier molecular flexibility index (Phi) is 4.90. The minimum atomic E-state index is -0.385. The quantitative estimate of drug-likeness (QED) is 0.816. The second-order valence-corrected chi connectivity index (χ2v) is 3.74. The lowest BCUT2D eigenvalue weighted by Crippen LogP contribution is -2.20. The molecule has 0 saturated carbocycles. The minimum absolute atomic E-state index is 0.122. The molecule has 0 aromatic heterocycles. The number of carbonyl (C=O) groups excluding carboxylic acids is 1. The maximum absolute atomic E-state index is 13.1. The lowest BCUT2D eigenvalue weighted by atomic mass is 10.1. The molecule has 5 heteroatoms. The Hall–Kier alpha value is -1.62. The second-order valence-electron chi connectivity index (χ2n) is 3.74. The number of amides is 1. The van der Waals surface area contributed by atoms with Crippen LogP contribution in [0, 0.1) is 5.82 Å². The van der Waals surface area contributed by atoms with Crippen LogP contribution in [0.4, 0.5) is 4.39 Å². The smallest absolute Gasteiger partial charge is 0.223 e. The van der Waals surface area contributed by atoms with Gasteiger partial charge in [0, 0.05) is 24.7 Å². The first-order valence-corrected chi connectivity index (χ1v) is 5.43. The molecule has 0 saturated heterocycles. The highest BCUT2D eigenvalue weighted by atomic mass is 19.1. The van der Waals surface area contributed by atoms with Crippen LogP contribution in [0.15, 0.2) is 18.2 Å². The van der Waals surface area contributed by atoms with Crippen molar-refractivity contribution in [3.8, 4) is 5.75 Å². The van der Waals surface area contributed by atoms with Crippen LogP contribution in [0.2, 0.25) is 0 Å². The Morgan fingerprint density at radius 1 is 1.59 bits per heavy atom. The molecule has 0 aliphatic rings. The van der Waals surface area contributed by atoms with Crippen molar-refractivity contribution in [3.05, 3.63) is 29.6 Å². The summed E-state index contributed by atoms with van der Waals surface area (Å²) in [6.07, 6.45) is 0.228. The zero-order chi connectivity index (χ0) is 12.8. The molecule has 0 spiro atoms. The zero-order valence-corrected chi connectivity index (χ0v) is 10.00. The molecule has 3 N–H and O–H groups in total. The number of ether oxygens (including phenoxy) is 1. The topological polar surface area (TPSA) is 64.3 Å².